The van der Waals surface area contributed by atoms with E-state index in [0.717, 1.165) is 32.9 Å². The Labute approximate surface area is 205 Å². The Bertz CT molecular complexity index is 1180. The molecule has 5 nitrogen and oxygen atoms in total. The molecule has 0 radical (unpaired) electrons. The van der Waals surface area contributed by atoms with Crippen molar-refractivity contribution in [3.8, 4) is 11.5 Å². The molecule has 0 aliphatic carbocycles. The van der Waals surface area contributed by atoms with Crippen molar-refractivity contribution in [2.75, 3.05) is 13.2 Å². The smallest absolute Gasteiger partial charge is 0.293 e. The summed E-state index contributed by atoms with van der Waals surface area (Å²) in [6.07, 6.45) is 1.72. The van der Waals surface area contributed by atoms with Gasteiger partial charge >= 0.3 is 0 Å². The van der Waals surface area contributed by atoms with E-state index in [1.807, 2.05) is 79.7 Å². The fourth-order valence-electron chi connectivity index (χ4n) is 3.19. The van der Waals surface area contributed by atoms with Gasteiger partial charge in [0.1, 0.15) is 24.7 Å². The molecule has 3 aromatic carbocycles. The van der Waals surface area contributed by atoms with Gasteiger partial charge in [-0.2, -0.15) is 0 Å². The molecule has 3 aromatic rings. The number of nitrogens with zero attached hydrogens (tertiary/aromatic N) is 1. The molecule has 0 N–H and O–H groups in total. The van der Waals surface area contributed by atoms with Crippen LogP contribution in [0.25, 0.3) is 6.08 Å². The van der Waals surface area contributed by atoms with Crippen LogP contribution in [0.1, 0.15) is 16.7 Å². The van der Waals surface area contributed by atoms with Gasteiger partial charge in [-0.15, -0.1) is 0 Å². The molecule has 0 saturated carbocycles. The predicted octanol–water partition coefficient (Wildman–Crippen LogP) is 6.45. The Hall–Kier alpha value is -3.03. The van der Waals surface area contributed by atoms with Gasteiger partial charge in [0.2, 0.25) is 0 Å². The van der Waals surface area contributed by atoms with E-state index >= 15 is 0 Å². The lowest BCUT2D eigenvalue weighted by Gasteiger charge is -2.13. The monoisotopic (exact) mass is 523 g/mol. The highest BCUT2D eigenvalue weighted by Gasteiger charge is 2.34. The summed E-state index contributed by atoms with van der Waals surface area (Å²) in [5.74, 6) is 1.11. The van der Waals surface area contributed by atoms with E-state index in [1.165, 1.54) is 4.90 Å². The molecule has 1 saturated heterocycles. The summed E-state index contributed by atoms with van der Waals surface area (Å²) >= 11 is 4.47. The van der Waals surface area contributed by atoms with Crippen LogP contribution in [0.2, 0.25) is 0 Å². The van der Waals surface area contributed by atoms with Crippen LogP contribution >= 0.6 is 27.7 Å². The molecule has 33 heavy (non-hydrogen) atoms. The number of amides is 2. The van der Waals surface area contributed by atoms with Gasteiger partial charge in [-0.05, 0) is 76.1 Å². The van der Waals surface area contributed by atoms with Crippen molar-refractivity contribution in [1.29, 1.82) is 0 Å². The van der Waals surface area contributed by atoms with Gasteiger partial charge in [0.25, 0.3) is 11.1 Å². The average Bonchev–Trinajstić information content (AvgIpc) is 3.08. The minimum atomic E-state index is -0.307. The third kappa shape index (κ3) is 6.06. The summed E-state index contributed by atoms with van der Waals surface area (Å²) < 4.78 is 12.3. The van der Waals surface area contributed by atoms with E-state index in [9.17, 15) is 9.59 Å². The van der Waals surface area contributed by atoms with Gasteiger partial charge in [-0.3, -0.25) is 14.5 Å². The third-order valence-corrected chi connectivity index (χ3v) is 6.50. The zero-order valence-electron chi connectivity index (χ0n) is 18.0. The quantitative estimate of drug-likeness (QED) is 0.317. The minimum absolute atomic E-state index is 0.200. The molecular weight excluding hydrogens is 502 g/mol. The maximum absolute atomic E-state index is 12.7. The van der Waals surface area contributed by atoms with Gasteiger partial charge in [0.05, 0.1) is 15.9 Å². The molecule has 0 unspecified atom stereocenters. The molecule has 0 atom stereocenters. The number of aryl methyl sites for hydroxylation is 1. The highest BCUT2D eigenvalue weighted by Crippen LogP contribution is 2.34. The Morgan fingerprint density at radius 3 is 2.45 bits per heavy atom. The molecule has 1 heterocycles. The standard InChI is InChI=1S/C26H22BrNO4S/c1-18-7-10-21(11-8-18)31-14-13-28-25(29)24(33-26(28)30)16-20-9-12-23(22(27)15-20)32-17-19-5-3-2-4-6-19/h2-12,15-16H,13-14,17H2,1H3/b24-16-. The third-order valence-electron chi connectivity index (χ3n) is 4.97. The molecule has 7 heteroatoms. The number of carbonyl (C=O) groups excluding carboxylic acids is 2. The van der Waals surface area contributed by atoms with Gasteiger partial charge in [-0.25, -0.2) is 0 Å². The number of carbonyl (C=O) groups is 2. The number of thioether (sulfide) groups is 1. The second-order valence-corrected chi connectivity index (χ2v) is 9.31. The van der Waals surface area contributed by atoms with Gasteiger partial charge in [0.15, 0.2) is 0 Å². The number of imide groups is 1. The first-order chi connectivity index (χ1) is 16.0. The second kappa shape index (κ2) is 10.7. The number of benzene rings is 3. The van der Waals surface area contributed by atoms with Crippen LogP contribution in [0.15, 0.2) is 82.2 Å². The first-order valence-electron chi connectivity index (χ1n) is 10.4. The van der Waals surface area contributed by atoms with Crippen LogP contribution in [0.4, 0.5) is 4.79 Å². The summed E-state index contributed by atoms with van der Waals surface area (Å²) in [5.41, 5.74) is 3.02. The second-order valence-electron chi connectivity index (χ2n) is 7.46. The summed E-state index contributed by atoms with van der Waals surface area (Å²) in [6, 6.07) is 23.1. The zero-order valence-corrected chi connectivity index (χ0v) is 20.4. The lowest BCUT2D eigenvalue weighted by Crippen LogP contribution is -2.32. The van der Waals surface area contributed by atoms with Gasteiger partial charge < -0.3 is 9.47 Å². The Morgan fingerprint density at radius 1 is 0.970 bits per heavy atom. The molecule has 1 fully saturated rings. The van der Waals surface area contributed by atoms with Crippen LogP contribution in [-0.4, -0.2) is 29.2 Å². The SMILES string of the molecule is Cc1ccc(OCCN2C(=O)S/C(=C\c3ccc(OCc4ccccc4)c(Br)c3)C2=O)cc1. The van der Waals surface area contributed by atoms with Crippen LogP contribution < -0.4 is 9.47 Å². The lowest BCUT2D eigenvalue weighted by molar-refractivity contribution is -0.123. The molecule has 2 amide bonds. The number of hydrogen-bond acceptors (Lipinski definition) is 5. The molecule has 0 aromatic heterocycles. The summed E-state index contributed by atoms with van der Waals surface area (Å²) in [4.78, 5) is 26.7. The molecule has 1 aliphatic heterocycles. The molecule has 168 valence electrons. The van der Waals surface area contributed by atoms with E-state index in [-0.39, 0.29) is 24.3 Å². The van der Waals surface area contributed by atoms with Crippen LogP contribution in [0.3, 0.4) is 0 Å². The summed E-state index contributed by atoms with van der Waals surface area (Å²) in [7, 11) is 0. The molecule has 4 rings (SSSR count). The Balaban J connectivity index is 1.36. The van der Waals surface area contributed by atoms with Crippen molar-refractivity contribution in [2.24, 2.45) is 0 Å². The maximum atomic E-state index is 12.7. The van der Waals surface area contributed by atoms with E-state index in [1.54, 1.807) is 6.08 Å². The first kappa shape index (κ1) is 23.1. The number of halogens is 1. The number of ether oxygens (including phenoxy) is 2. The van der Waals surface area contributed by atoms with Gasteiger partial charge in [-0.1, -0.05) is 54.1 Å². The van der Waals surface area contributed by atoms with Crippen molar-refractivity contribution < 1.29 is 19.1 Å². The molecule has 0 spiro atoms. The van der Waals surface area contributed by atoms with Crippen LogP contribution in [0, 0.1) is 6.92 Å². The largest absolute Gasteiger partial charge is 0.492 e. The topological polar surface area (TPSA) is 55.8 Å². The summed E-state index contributed by atoms with van der Waals surface area (Å²) in [5, 5.41) is -0.291. The van der Waals surface area contributed by atoms with Crippen molar-refractivity contribution in [3.63, 3.8) is 0 Å². The normalized spacial score (nSPS) is 14.7. The maximum Gasteiger partial charge on any atom is 0.293 e. The fraction of sp³-hybridized carbons (Fsp3) is 0.154. The number of rotatable bonds is 8. The first-order valence-corrected chi connectivity index (χ1v) is 12.0. The predicted molar refractivity (Wildman–Crippen MR) is 134 cm³/mol. The van der Waals surface area contributed by atoms with Crippen molar-refractivity contribution in [1.82, 2.24) is 4.90 Å². The molecule has 0 bridgehead atoms. The van der Waals surface area contributed by atoms with E-state index in [0.29, 0.717) is 23.0 Å². The van der Waals surface area contributed by atoms with Gasteiger partial charge in [0, 0.05) is 0 Å². The van der Waals surface area contributed by atoms with E-state index < -0.39 is 0 Å². The van der Waals surface area contributed by atoms with Crippen molar-refractivity contribution in [3.05, 3.63) is 98.9 Å². The Kier molecular flexibility index (Phi) is 7.52. The number of hydrogen-bond donors (Lipinski definition) is 0. The van der Waals surface area contributed by atoms with Crippen molar-refractivity contribution in [2.45, 2.75) is 13.5 Å². The van der Waals surface area contributed by atoms with Crippen LogP contribution in [-0.2, 0) is 11.4 Å². The average molecular weight is 524 g/mol. The fourth-order valence-corrected chi connectivity index (χ4v) is 4.57. The van der Waals surface area contributed by atoms with Crippen molar-refractivity contribution >= 4 is 44.9 Å². The minimum Gasteiger partial charge on any atom is -0.492 e. The molecular formula is C26H22BrNO4S. The lowest BCUT2D eigenvalue weighted by atomic mass is 10.2. The van der Waals surface area contributed by atoms with E-state index in [2.05, 4.69) is 15.9 Å². The highest BCUT2D eigenvalue weighted by atomic mass is 79.9. The van der Waals surface area contributed by atoms with E-state index in [4.69, 9.17) is 9.47 Å². The zero-order chi connectivity index (χ0) is 23.2. The Morgan fingerprint density at radius 2 is 1.73 bits per heavy atom. The highest BCUT2D eigenvalue weighted by molar-refractivity contribution is 9.10. The van der Waals surface area contributed by atoms with Crippen LogP contribution in [0.5, 0.6) is 11.5 Å². The summed E-state index contributed by atoms with van der Waals surface area (Å²) in [6.45, 7) is 2.90. The molecule has 1 aliphatic rings.